The molecular weight excluding hydrogens is 202 g/mol. The van der Waals surface area contributed by atoms with E-state index in [0.717, 1.165) is 25.9 Å². The highest BCUT2D eigenvalue weighted by atomic mass is 16.3. The summed E-state index contributed by atoms with van der Waals surface area (Å²) in [5.74, 6) is 0. The van der Waals surface area contributed by atoms with Crippen molar-refractivity contribution in [2.75, 3.05) is 19.7 Å². The van der Waals surface area contributed by atoms with Crippen LogP contribution in [0.15, 0.2) is 0 Å². The molecule has 2 fully saturated rings. The second-order valence-electron chi connectivity index (χ2n) is 5.47. The Hall–Kier alpha value is -0.410. The summed E-state index contributed by atoms with van der Waals surface area (Å²) in [7, 11) is 0. The Labute approximate surface area is 97.8 Å². The molecule has 2 aliphatic rings. The van der Waals surface area contributed by atoms with Gasteiger partial charge in [-0.3, -0.25) is 4.90 Å². The number of hydrogen-bond donors (Lipinski definition) is 1. The van der Waals surface area contributed by atoms with Crippen LogP contribution < -0.4 is 0 Å². The largest absolute Gasteiger partial charge is 0.395 e. The minimum absolute atomic E-state index is 0.0925. The van der Waals surface area contributed by atoms with Gasteiger partial charge in [0, 0.05) is 24.5 Å². The molecule has 0 aromatic rings. The van der Waals surface area contributed by atoms with E-state index in [4.69, 9.17) is 5.11 Å². The molecule has 3 heteroatoms. The molecule has 16 heavy (non-hydrogen) atoms. The second-order valence-corrected chi connectivity index (χ2v) is 5.47. The number of carbonyl (C=O) groups is 1. The van der Waals surface area contributed by atoms with Crippen LogP contribution in [0, 0.1) is 5.41 Å². The summed E-state index contributed by atoms with van der Waals surface area (Å²) in [6.07, 6.45) is 9.45. The lowest BCUT2D eigenvalue weighted by atomic mass is 9.84. The normalized spacial score (nSPS) is 24.6. The predicted molar refractivity (Wildman–Crippen MR) is 63.3 cm³/mol. The summed E-state index contributed by atoms with van der Waals surface area (Å²) in [5.41, 5.74) is -0.0925. The highest BCUT2D eigenvalue weighted by Crippen LogP contribution is 2.38. The van der Waals surface area contributed by atoms with Crippen LogP contribution in [0.5, 0.6) is 0 Å². The van der Waals surface area contributed by atoms with Gasteiger partial charge in [-0.25, -0.2) is 0 Å². The number of aliphatic hydroxyl groups is 1. The lowest BCUT2D eigenvalue weighted by molar-refractivity contribution is -0.117. The summed E-state index contributed by atoms with van der Waals surface area (Å²) in [6.45, 7) is 1.83. The van der Waals surface area contributed by atoms with E-state index in [1.807, 2.05) is 0 Å². The zero-order valence-electron chi connectivity index (χ0n) is 10.0. The van der Waals surface area contributed by atoms with Gasteiger partial charge in [0.05, 0.1) is 6.61 Å². The van der Waals surface area contributed by atoms with Crippen molar-refractivity contribution in [1.82, 2.24) is 4.90 Å². The SMILES string of the molecule is O=CC1(CN(CCO)C2CCC2)CCCC1. The van der Waals surface area contributed by atoms with E-state index in [0.29, 0.717) is 6.04 Å². The van der Waals surface area contributed by atoms with Crippen molar-refractivity contribution in [3.8, 4) is 0 Å². The molecule has 0 unspecified atom stereocenters. The molecule has 0 amide bonds. The quantitative estimate of drug-likeness (QED) is 0.698. The van der Waals surface area contributed by atoms with E-state index < -0.39 is 0 Å². The van der Waals surface area contributed by atoms with Crippen LogP contribution in [-0.4, -0.2) is 42.0 Å². The second kappa shape index (κ2) is 5.28. The van der Waals surface area contributed by atoms with E-state index in [2.05, 4.69) is 4.90 Å². The van der Waals surface area contributed by atoms with Gasteiger partial charge in [0.15, 0.2) is 0 Å². The summed E-state index contributed by atoms with van der Waals surface area (Å²) in [6, 6.07) is 0.629. The Bertz CT molecular complexity index is 232. The van der Waals surface area contributed by atoms with Gasteiger partial charge in [-0.05, 0) is 25.7 Å². The molecule has 0 aromatic heterocycles. The maximum atomic E-state index is 11.3. The third-order valence-electron chi connectivity index (χ3n) is 4.35. The smallest absolute Gasteiger partial charge is 0.127 e. The highest BCUT2D eigenvalue weighted by Gasteiger charge is 2.37. The number of hydrogen-bond acceptors (Lipinski definition) is 3. The van der Waals surface area contributed by atoms with Crippen LogP contribution in [-0.2, 0) is 4.79 Å². The standard InChI is InChI=1S/C13H23NO2/c15-9-8-14(12-4-3-5-12)10-13(11-16)6-1-2-7-13/h11-12,15H,1-10H2. The van der Waals surface area contributed by atoms with Crippen molar-refractivity contribution in [3.63, 3.8) is 0 Å². The van der Waals surface area contributed by atoms with Gasteiger partial charge in [0.1, 0.15) is 6.29 Å². The van der Waals surface area contributed by atoms with E-state index in [1.165, 1.54) is 38.4 Å². The van der Waals surface area contributed by atoms with Crippen molar-refractivity contribution in [1.29, 1.82) is 0 Å². The van der Waals surface area contributed by atoms with Gasteiger partial charge in [0.2, 0.25) is 0 Å². The van der Waals surface area contributed by atoms with Crippen molar-refractivity contribution in [2.24, 2.45) is 5.41 Å². The fourth-order valence-corrected chi connectivity index (χ4v) is 3.07. The minimum atomic E-state index is -0.0925. The third kappa shape index (κ3) is 2.46. The fraction of sp³-hybridized carbons (Fsp3) is 0.923. The summed E-state index contributed by atoms with van der Waals surface area (Å²) in [5, 5.41) is 9.11. The monoisotopic (exact) mass is 225 g/mol. The Kier molecular flexibility index (Phi) is 3.98. The summed E-state index contributed by atoms with van der Waals surface area (Å²) >= 11 is 0. The first-order valence-corrected chi connectivity index (χ1v) is 6.61. The van der Waals surface area contributed by atoms with Crippen LogP contribution in [0.3, 0.4) is 0 Å². The van der Waals surface area contributed by atoms with Gasteiger partial charge in [-0.2, -0.15) is 0 Å². The first kappa shape index (κ1) is 12.1. The van der Waals surface area contributed by atoms with E-state index in [9.17, 15) is 4.79 Å². The van der Waals surface area contributed by atoms with Gasteiger partial charge in [-0.15, -0.1) is 0 Å². The van der Waals surface area contributed by atoms with Gasteiger partial charge < -0.3 is 9.90 Å². The van der Waals surface area contributed by atoms with Crippen molar-refractivity contribution >= 4 is 6.29 Å². The Balaban J connectivity index is 1.94. The average molecular weight is 225 g/mol. The first-order chi connectivity index (χ1) is 7.79. The molecule has 2 rings (SSSR count). The van der Waals surface area contributed by atoms with Crippen LogP contribution in [0.2, 0.25) is 0 Å². The van der Waals surface area contributed by atoms with E-state index >= 15 is 0 Å². The molecule has 2 aliphatic carbocycles. The molecule has 92 valence electrons. The molecule has 0 heterocycles. The molecule has 1 N–H and O–H groups in total. The van der Waals surface area contributed by atoms with Crippen molar-refractivity contribution in [2.45, 2.75) is 51.0 Å². The molecule has 0 aromatic carbocycles. The average Bonchev–Trinajstić information content (AvgIpc) is 2.65. The molecule has 0 spiro atoms. The maximum Gasteiger partial charge on any atom is 0.127 e. The lowest BCUT2D eigenvalue weighted by Gasteiger charge is -2.41. The van der Waals surface area contributed by atoms with Gasteiger partial charge >= 0.3 is 0 Å². The zero-order chi connectivity index (χ0) is 11.4. The Morgan fingerprint density at radius 3 is 2.38 bits per heavy atom. The molecule has 3 nitrogen and oxygen atoms in total. The van der Waals surface area contributed by atoms with Gasteiger partial charge in [-0.1, -0.05) is 19.3 Å². The van der Waals surface area contributed by atoms with Crippen LogP contribution in [0.1, 0.15) is 44.9 Å². The van der Waals surface area contributed by atoms with Crippen LogP contribution in [0.25, 0.3) is 0 Å². The lowest BCUT2D eigenvalue weighted by Crippen LogP contribution is -2.47. The van der Waals surface area contributed by atoms with Crippen molar-refractivity contribution < 1.29 is 9.90 Å². The number of carbonyl (C=O) groups excluding carboxylic acids is 1. The van der Waals surface area contributed by atoms with Crippen molar-refractivity contribution in [3.05, 3.63) is 0 Å². The molecule has 0 aliphatic heterocycles. The Morgan fingerprint density at radius 1 is 1.25 bits per heavy atom. The topological polar surface area (TPSA) is 40.5 Å². The highest BCUT2D eigenvalue weighted by molar-refractivity contribution is 5.60. The zero-order valence-corrected chi connectivity index (χ0v) is 10.0. The summed E-state index contributed by atoms with van der Waals surface area (Å²) in [4.78, 5) is 13.7. The number of nitrogens with zero attached hydrogens (tertiary/aromatic N) is 1. The number of aliphatic hydroxyl groups excluding tert-OH is 1. The fourth-order valence-electron chi connectivity index (χ4n) is 3.07. The molecule has 0 saturated heterocycles. The summed E-state index contributed by atoms with van der Waals surface area (Å²) < 4.78 is 0. The molecule has 0 radical (unpaired) electrons. The van der Waals surface area contributed by atoms with Gasteiger partial charge in [0.25, 0.3) is 0 Å². The molecule has 2 saturated carbocycles. The minimum Gasteiger partial charge on any atom is -0.395 e. The predicted octanol–water partition coefficient (Wildman–Crippen LogP) is 1.59. The van der Waals surface area contributed by atoms with E-state index in [-0.39, 0.29) is 12.0 Å². The number of rotatable bonds is 6. The molecule has 0 atom stereocenters. The maximum absolute atomic E-state index is 11.3. The van der Waals surface area contributed by atoms with Crippen LogP contribution in [0.4, 0.5) is 0 Å². The number of aldehydes is 1. The molecular formula is C13H23NO2. The first-order valence-electron chi connectivity index (χ1n) is 6.61. The third-order valence-corrected chi connectivity index (χ3v) is 4.35. The van der Waals surface area contributed by atoms with E-state index in [1.54, 1.807) is 0 Å². The van der Waals surface area contributed by atoms with Crippen LogP contribution >= 0.6 is 0 Å². The molecule has 0 bridgehead atoms. The Morgan fingerprint density at radius 2 is 1.94 bits per heavy atom.